The first-order valence-electron chi connectivity index (χ1n) is 5.18. The van der Waals surface area contributed by atoms with Crippen LogP contribution in [0.5, 0.6) is 0 Å². The Morgan fingerprint density at radius 1 is 1.11 bits per heavy atom. The third kappa shape index (κ3) is 3.88. The molecule has 0 saturated heterocycles. The van der Waals surface area contributed by atoms with Gasteiger partial charge in [0, 0.05) is 15.6 Å². The van der Waals surface area contributed by atoms with Crippen LogP contribution in [0.3, 0.4) is 0 Å². The molecule has 0 radical (unpaired) electrons. The van der Waals surface area contributed by atoms with Crippen LogP contribution in [0.4, 0.5) is 5.69 Å². The van der Waals surface area contributed by atoms with E-state index in [0.717, 1.165) is 14.9 Å². The molecule has 5 heteroatoms. The van der Waals surface area contributed by atoms with Crippen LogP contribution < -0.4 is 5.32 Å². The lowest BCUT2D eigenvalue weighted by Gasteiger charge is -2.03. The lowest BCUT2D eigenvalue weighted by Crippen LogP contribution is -2.06. The van der Waals surface area contributed by atoms with Gasteiger partial charge in [-0.15, -0.1) is 11.3 Å². The molecule has 0 aliphatic rings. The molecule has 0 unspecified atom stereocenters. The van der Waals surface area contributed by atoms with E-state index in [1.54, 1.807) is 18.2 Å². The van der Waals surface area contributed by atoms with Gasteiger partial charge in [-0.05, 0) is 48.6 Å². The van der Waals surface area contributed by atoms with Crippen LogP contribution in [0.25, 0.3) is 6.08 Å². The number of benzene rings is 1. The van der Waals surface area contributed by atoms with Crippen molar-refractivity contribution in [3.8, 4) is 0 Å². The highest BCUT2D eigenvalue weighted by Gasteiger charge is 1.96. The van der Waals surface area contributed by atoms with Crippen molar-refractivity contribution in [2.24, 2.45) is 0 Å². The predicted molar refractivity (Wildman–Crippen MR) is 81.2 cm³/mol. The summed E-state index contributed by atoms with van der Waals surface area (Å²) >= 11 is 13.1. The van der Waals surface area contributed by atoms with Crippen LogP contribution in [0.2, 0.25) is 9.36 Å². The molecule has 1 heterocycles. The van der Waals surface area contributed by atoms with Gasteiger partial charge >= 0.3 is 0 Å². The highest BCUT2D eigenvalue weighted by molar-refractivity contribution is 7.17. The van der Waals surface area contributed by atoms with Crippen molar-refractivity contribution in [3.05, 3.63) is 56.7 Å². The van der Waals surface area contributed by atoms with Gasteiger partial charge in [-0.3, -0.25) is 5.41 Å². The molecule has 0 spiro atoms. The Morgan fingerprint density at radius 3 is 2.44 bits per heavy atom. The molecular formula is C13H10Cl2N2S. The van der Waals surface area contributed by atoms with Crippen LogP contribution >= 0.6 is 34.5 Å². The zero-order valence-electron chi connectivity index (χ0n) is 9.28. The maximum atomic E-state index is 7.78. The Morgan fingerprint density at radius 2 is 1.83 bits per heavy atom. The van der Waals surface area contributed by atoms with Crippen molar-refractivity contribution in [1.29, 1.82) is 5.41 Å². The van der Waals surface area contributed by atoms with Crippen molar-refractivity contribution in [2.75, 3.05) is 5.32 Å². The van der Waals surface area contributed by atoms with Crippen molar-refractivity contribution < 1.29 is 0 Å². The van der Waals surface area contributed by atoms with Crippen LogP contribution in [-0.2, 0) is 0 Å². The Hall–Kier alpha value is -1.29. The molecule has 2 nitrogen and oxygen atoms in total. The number of halogens is 2. The normalized spacial score (nSPS) is 10.8. The lowest BCUT2D eigenvalue weighted by molar-refractivity contribution is 1.48. The minimum absolute atomic E-state index is 0.307. The molecule has 2 aromatic rings. The average molecular weight is 297 g/mol. The fraction of sp³-hybridized carbons (Fsp3) is 0. The maximum Gasteiger partial charge on any atom is 0.122 e. The molecule has 0 amide bonds. The Labute approximate surface area is 119 Å². The van der Waals surface area contributed by atoms with E-state index in [4.69, 9.17) is 28.6 Å². The zero-order chi connectivity index (χ0) is 13.0. The molecule has 0 aliphatic carbocycles. The molecular weight excluding hydrogens is 287 g/mol. The van der Waals surface area contributed by atoms with Crippen LogP contribution in [0, 0.1) is 5.41 Å². The summed E-state index contributed by atoms with van der Waals surface area (Å²) in [5, 5.41) is 11.4. The number of hydrogen-bond acceptors (Lipinski definition) is 2. The number of hydrogen-bond donors (Lipinski definition) is 2. The highest BCUT2D eigenvalue weighted by atomic mass is 35.5. The third-order valence-corrected chi connectivity index (χ3v) is 3.58. The number of rotatable bonds is 3. The minimum atomic E-state index is 0.307. The van der Waals surface area contributed by atoms with Crippen molar-refractivity contribution >= 4 is 52.1 Å². The van der Waals surface area contributed by atoms with Crippen LogP contribution in [0.15, 0.2) is 42.5 Å². The Balaban J connectivity index is 1.96. The molecule has 0 atom stereocenters. The second-order valence-corrected chi connectivity index (χ2v) is 5.70. The van der Waals surface area contributed by atoms with E-state index < -0.39 is 0 Å². The van der Waals surface area contributed by atoms with E-state index in [0.29, 0.717) is 10.9 Å². The van der Waals surface area contributed by atoms with Gasteiger partial charge in [0.15, 0.2) is 0 Å². The van der Waals surface area contributed by atoms with Crippen LogP contribution in [-0.4, -0.2) is 5.84 Å². The predicted octanol–water partition coefficient (Wildman–Crippen LogP) is 5.16. The number of thiophene rings is 1. The third-order valence-electron chi connectivity index (χ3n) is 2.13. The second kappa shape index (κ2) is 6.05. The second-order valence-electron chi connectivity index (χ2n) is 3.52. The topological polar surface area (TPSA) is 35.9 Å². The van der Waals surface area contributed by atoms with Gasteiger partial charge in [0.25, 0.3) is 0 Å². The Kier molecular flexibility index (Phi) is 4.42. The van der Waals surface area contributed by atoms with Crippen LogP contribution in [0.1, 0.15) is 4.88 Å². The van der Waals surface area contributed by atoms with E-state index in [1.807, 2.05) is 30.3 Å². The summed E-state index contributed by atoms with van der Waals surface area (Å²) in [4.78, 5) is 1.02. The summed E-state index contributed by atoms with van der Waals surface area (Å²) in [5.74, 6) is 0.307. The Bertz CT molecular complexity index is 573. The van der Waals surface area contributed by atoms with E-state index in [9.17, 15) is 0 Å². The molecule has 0 fully saturated rings. The summed E-state index contributed by atoms with van der Waals surface area (Å²) in [7, 11) is 0. The van der Waals surface area contributed by atoms with Gasteiger partial charge in [-0.2, -0.15) is 0 Å². The van der Waals surface area contributed by atoms with E-state index in [-0.39, 0.29) is 0 Å². The summed E-state index contributed by atoms with van der Waals surface area (Å²) < 4.78 is 0.742. The first kappa shape index (κ1) is 13.1. The first-order chi connectivity index (χ1) is 8.63. The molecule has 2 rings (SSSR count). The van der Waals surface area contributed by atoms with Gasteiger partial charge < -0.3 is 5.32 Å². The summed E-state index contributed by atoms with van der Waals surface area (Å²) in [5.41, 5.74) is 0.832. The largest absolute Gasteiger partial charge is 0.341 e. The first-order valence-corrected chi connectivity index (χ1v) is 6.75. The average Bonchev–Trinajstić information content (AvgIpc) is 2.76. The van der Waals surface area contributed by atoms with E-state index >= 15 is 0 Å². The summed E-state index contributed by atoms with van der Waals surface area (Å²) in [6.07, 6.45) is 3.54. The van der Waals surface area contributed by atoms with Gasteiger partial charge in [0.2, 0.25) is 0 Å². The number of anilines is 1. The fourth-order valence-electron chi connectivity index (χ4n) is 1.31. The highest BCUT2D eigenvalue weighted by Crippen LogP contribution is 2.22. The summed E-state index contributed by atoms with van der Waals surface area (Å²) in [6.45, 7) is 0. The van der Waals surface area contributed by atoms with E-state index in [2.05, 4.69) is 5.32 Å². The molecule has 0 bridgehead atoms. The molecule has 92 valence electrons. The van der Waals surface area contributed by atoms with Gasteiger partial charge in [-0.25, -0.2) is 0 Å². The quantitative estimate of drug-likeness (QED) is 0.596. The number of amidine groups is 1. The van der Waals surface area contributed by atoms with Crippen molar-refractivity contribution in [1.82, 2.24) is 0 Å². The molecule has 1 aromatic carbocycles. The summed E-state index contributed by atoms with van der Waals surface area (Å²) in [6, 6.07) is 11.0. The molecule has 1 aromatic heterocycles. The van der Waals surface area contributed by atoms with Gasteiger partial charge in [-0.1, -0.05) is 23.2 Å². The molecule has 0 aliphatic heterocycles. The SMILES string of the molecule is N=C(/C=C/c1ccc(Cl)s1)Nc1ccc(Cl)cc1. The zero-order valence-corrected chi connectivity index (χ0v) is 11.6. The lowest BCUT2D eigenvalue weighted by atomic mass is 10.3. The number of nitrogens with one attached hydrogen (secondary N) is 2. The fourth-order valence-corrected chi connectivity index (χ4v) is 2.40. The molecule has 18 heavy (non-hydrogen) atoms. The maximum absolute atomic E-state index is 7.78. The molecule has 0 saturated carbocycles. The monoisotopic (exact) mass is 296 g/mol. The van der Waals surface area contributed by atoms with E-state index in [1.165, 1.54) is 11.3 Å². The van der Waals surface area contributed by atoms with Gasteiger partial charge in [0.05, 0.1) is 4.34 Å². The smallest absolute Gasteiger partial charge is 0.122 e. The minimum Gasteiger partial charge on any atom is -0.341 e. The standard InChI is InChI=1S/C13H10Cl2N2S/c14-9-1-3-10(4-2-9)17-13(16)8-6-11-5-7-12(15)18-11/h1-8H,(H2,16,17)/b8-6+. The van der Waals surface area contributed by atoms with Gasteiger partial charge in [0.1, 0.15) is 5.84 Å². The molecule has 2 N–H and O–H groups in total. The van der Waals surface area contributed by atoms with Crippen molar-refractivity contribution in [3.63, 3.8) is 0 Å². The van der Waals surface area contributed by atoms with Crippen molar-refractivity contribution in [2.45, 2.75) is 0 Å².